The van der Waals surface area contributed by atoms with E-state index in [4.69, 9.17) is 23.2 Å². The highest BCUT2D eigenvalue weighted by atomic mass is 35.5. The molecule has 7 nitrogen and oxygen atoms in total. The fourth-order valence-corrected chi connectivity index (χ4v) is 5.42. The van der Waals surface area contributed by atoms with Crippen LogP contribution in [-0.4, -0.2) is 38.3 Å². The molecule has 1 aliphatic carbocycles. The van der Waals surface area contributed by atoms with Gasteiger partial charge in [-0.15, -0.1) is 0 Å². The molecule has 1 aliphatic heterocycles. The second-order valence-corrected chi connectivity index (χ2v) is 9.83. The summed E-state index contributed by atoms with van der Waals surface area (Å²) >= 11 is 12.2. The SMILES string of the molecule is Cn1c(=O)c(C#N)c(N2CCC(O)([C@@H](c3ccc(Cl)cn3)C3CC3)CC2)c2nc(Cl)ccc21. The average molecular weight is 484 g/mol. The van der Waals surface area contributed by atoms with E-state index in [-0.39, 0.29) is 17.0 Å². The topological polar surface area (TPSA) is 95.0 Å². The summed E-state index contributed by atoms with van der Waals surface area (Å²) < 4.78 is 1.43. The van der Waals surface area contributed by atoms with E-state index in [2.05, 4.69) is 16.0 Å². The van der Waals surface area contributed by atoms with E-state index < -0.39 is 5.60 Å². The van der Waals surface area contributed by atoms with Crippen LogP contribution in [0, 0.1) is 17.2 Å². The molecule has 4 heterocycles. The van der Waals surface area contributed by atoms with Crippen molar-refractivity contribution in [3.8, 4) is 6.07 Å². The Hall–Kier alpha value is -2.66. The second kappa shape index (κ2) is 8.28. The van der Waals surface area contributed by atoms with Crippen molar-refractivity contribution in [2.45, 2.75) is 37.2 Å². The molecule has 33 heavy (non-hydrogen) atoms. The van der Waals surface area contributed by atoms with Crippen molar-refractivity contribution in [1.29, 1.82) is 5.26 Å². The van der Waals surface area contributed by atoms with Crippen LogP contribution in [0.4, 0.5) is 5.69 Å². The number of hydrogen-bond donors (Lipinski definition) is 1. The molecule has 1 saturated carbocycles. The highest BCUT2D eigenvalue weighted by molar-refractivity contribution is 6.30. The van der Waals surface area contributed by atoms with Gasteiger partial charge in [0.05, 0.1) is 21.8 Å². The van der Waals surface area contributed by atoms with Crippen molar-refractivity contribution in [2.75, 3.05) is 18.0 Å². The number of halogens is 2. The Morgan fingerprint density at radius 1 is 1.21 bits per heavy atom. The van der Waals surface area contributed by atoms with Gasteiger partial charge in [0.15, 0.2) is 0 Å². The number of hydrogen-bond acceptors (Lipinski definition) is 6. The Labute approximate surface area is 201 Å². The summed E-state index contributed by atoms with van der Waals surface area (Å²) in [5, 5.41) is 22.4. The summed E-state index contributed by atoms with van der Waals surface area (Å²) in [7, 11) is 1.62. The lowest BCUT2D eigenvalue weighted by atomic mass is 9.74. The van der Waals surface area contributed by atoms with Crippen molar-refractivity contribution < 1.29 is 5.11 Å². The third kappa shape index (κ3) is 3.86. The summed E-state index contributed by atoms with van der Waals surface area (Å²) in [6.45, 7) is 0.969. The lowest BCUT2D eigenvalue weighted by Gasteiger charge is -2.44. The van der Waals surface area contributed by atoms with E-state index >= 15 is 0 Å². The summed E-state index contributed by atoms with van der Waals surface area (Å²) in [4.78, 5) is 23.9. The molecule has 170 valence electrons. The van der Waals surface area contributed by atoms with Crippen LogP contribution >= 0.6 is 23.2 Å². The van der Waals surface area contributed by atoms with Gasteiger partial charge in [-0.1, -0.05) is 23.2 Å². The van der Waals surface area contributed by atoms with E-state index in [0.717, 1.165) is 18.5 Å². The number of nitrogens with zero attached hydrogens (tertiary/aromatic N) is 5. The lowest BCUT2D eigenvalue weighted by Crippen LogP contribution is -2.49. The van der Waals surface area contributed by atoms with Gasteiger partial charge in [0.25, 0.3) is 5.56 Å². The van der Waals surface area contributed by atoms with E-state index in [0.29, 0.717) is 58.7 Å². The van der Waals surface area contributed by atoms with E-state index in [1.54, 1.807) is 25.4 Å². The van der Waals surface area contributed by atoms with Crippen LogP contribution in [0.5, 0.6) is 0 Å². The Bertz CT molecular complexity index is 1320. The number of aliphatic hydroxyl groups is 1. The van der Waals surface area contributed by atoms with Crippen LogP contribution in [0.3, 0.4) is 0 Å². The highest BCUT2D eigenvalue weighted by Crippen LogP contribution is 2.51. The molecule has 0 spiro atoms. The monoisotopic (exact) mass is 483 g/mol. The second-order valence-electron chi connectivity index (χ2n) is 9.01. The molecule has 2 aliphatic rings. The van der Waals surface area contributed by atoms with Gasteiger partial charge in [-0.2, -0.15) is 5.26 Å². The van der Waals surface area contributed by atoms with Crippen molar-refractivity contribution in [3.05, 3.63) is 62.2 Å². The molecule has 1 N–H and O–H groups in total. The van der Waals surface area contributed by atoms with Gasteiger partial charge in [-0.25, -0.2) is 4.98 Å². The predicted molar refractivity (Wildman–Crippen MR) is 128 cm³/mol. The van der Waals surface area contributed by atoms with Gasteiger partial charge in [0, 0.05) is 37.9 Å². The zero-order valence-corrected chi connectivity index (χ0v) is 19.6. The molecule has 0 aromatic carbocycles. The van der Waals surface area contributed by atoms with Crippen LogP contribution in [0.1, 0.15) is 42.9 Å². The summed E-state index contributed by atoms with van der Waals surface area (Å²) in [5.74, 6) is 0.329. The molecule has 1 atom stereocenters. The number of pyridine rings is 3. The van der Waals surface area contributed by atoms with Gasteiger partial charge in [0.2, 0.25) is 0 Å². The zero-order chi connectivity index (χ0) is 23.3. The van der Waals surface area contributed by atoms with Crippen molar-refractivity contribution in [2.24, 2.45) is 13.0 Å². The summed E-state index contributed by atoms with van der Waals surface area (Å²) in [5.41, 5.74) is 1.24. The van der Waals surface area contributed by atoms with Gasteiger partial charge < -0.3 is 14.6 Å². The van der Waals surface area contributed by atoms with Gasteiger partial charge >= 0.3 is 0 Å². The quantitative estimate of drug-likeness (QED) is 0.562. The van der Waals surface area contributed by atoms with Gasteiger partial charge in [-0.3, -0.25) is 9.78 Å². The Kier molecular flexibility index (Phi) is 5.56. The van der Waals surface area contributed by atoms with Crippen LogP contribution in [0.15, 0.2) is 35.3 Å². The maximum absolute atomic E-state index is 12.9. The Morgan fingerprint density at radius 2 is 1.94 bits per heavy atom. The normalized spacial score (nSPS) is 18.8. The van der Waals surface area contributed by atoms with E-state index in [9.17, 15) is 15.2 Å². The van der Waals surface area contributed by atoms with Crippen molar-refractivity contribution >= 4 is 39.9 Å². The molecule has 0 amide bonds. The van der Waals surface area contributed by atoms with Crippen LogP contribution in [-0.2, 0) is 7.05 Å². The largest absolute Gasteiger partial charge is 0.389 e. The molecule has 5 rings (SSSR count). The molecule has 2 fully saturated rings. The Morgan fingerprint density at radius 3 is 2.55 bits per heavy atom. The minimum Gasteiger partial charge on any atom is -0.389 e. The molecule has 0 unspecified atom stereocenters. The van der Waals surface area contributed by atoms with Crippen LogP contribution in [0.25, 0.3) is 11.0 Å². The van der Waals surface area contributed by atoms with Gasteiger partial charge in [0.1, 0.15) is 22.3 Å². The van der Waals surface area contributed by atoms with Crippen molar-refractivity contribution in [3.63, 3.8) is 0 Å². The smallest absolute Gasteiger partial charge is 0.270 e. The average Bonchev–Trinajstić information content (AvgIpc) is 3.63. The summed E-state index contributed by atoms with van der Waals surface area (Å²) in [6.07, 6.45) is 4.75. The molecule has 3 aromatic rings. The first kappa shape index (κ1) is 22.1. The number of anilines is 1. The van der Waals surface area contributed by atoms with Gasteiger partial charge in [-0.05, 0) is 55.9 Å². The minimum absolute atomic E-state index is 0.0447. The molecular formula is C24H23Cl2N5O2. The molecule has 0 radical (unpaired) electrons. The molecule has 9 heteroatoms. The number of aromatic nitrogens is 3. The number of fused-ring (bicyclic) bond motifs is 1. The number of piperidine rings is 1. The van der Waals surface area contributed by atoms with Crippen molar-refractivity contribution in [1.82, 2.24) is 14.5 Å². The fraction of sp³-hybridized carbons (Fsp3) is 0.417. The highest BCUT2D eigenvalue weighted by Gasteiger charge is 2.48. The van der Waals surface area contributed by atoms with E-state index in [1.807, 2.05) is 17.0 Å². The lowest BCUT2D eigenvalue weighted by molar-refractivity contribution is -0.0185. The first-order valence-corrected chi connectivity index (χ1v) is 11.8. The number of rotatable bonds is 4. The van der Waals surface area contributed by atoms with Crippen LogP contribution < -0.4 is 10.5 Å². The standard InChI is InChI=1S/C24H23Cl2N5O2/c1-30-18-6-7-19(26)29-21(18)22(16(12-27)23(30)32)31-10-8-24(33,9-11-31)20(14-2-3-14)17-5-4-15(25)13-28-17/h4-7,13-14,20,33H,2-3,8-11H2,1H3/t20-/m1/s1. The number of nitriles is 1. The third-order valence-electron chi connectivity index (χ3n) is 6.98. The molecule has 0 bridgehead atoms. The zero-order valence-electron chi connectivity index (χ0n) is 18.1. The molecular weight excluding hydrogens is 461 g/mol. The third-order valence-corrected chi connectivity index (χ3v) is 7.41. The minimum atomic E-state index is -0.925. The summed E-state index contributed by atoms with van der Waals surface area (Å²) in [6, 6.07) is 9.17. The maximum atomic E-state index is 12.9. The molecule has 1 saturated heterocycles. The maximum Gasteiger partial charge on any atom is 0.270 e. The number of aryl methyl sites for hydroxylation is 1. The van der Waals surface area contributed by atoms with Crippen LogP contribution in [0.2, 0.25) is 10.2 Å². The Balaban J connectivity index is 1.51. The first-order valence-electron chi connectivity index (χ1n) is 11.0. The predicted octanol–water partition coefficient (Wildman–Crippen LogP) is 4.03. The first-order chi connectivity index (χ1) is 15.8. The fourth-order valence-electron chi connectivity index (χ4n) is 5.16. The van der Waals surface area contributed by atoms with E-state index in [1.165, 1.54) is 4.57 Å². The molecule has 3 aromatic heterocycles.